The van der Waals surface area contributed by atoms with Gasteiger partial charge in [0.15, 0.2) is 40.6 Å². The maximum atomic E-state index is 12.8. The van der Waals surface area contributed by atoms with Crippen LogP contribution in [0, 0.1) is 0 Å². The number of aromatic nitrogens is 4. The van der Waals surface area contributed by atoms with E-state index in [0.29, 0.717) is 23.4 Å². The minimum atomic E-state index is -4.87. The van der Waals surface area contributed by atoms with Crippen LogP contribution in [0.2, 0.25) is 0 Å². The molecule has 2 aromatic heterocycles. The molecule has 2 aliphatic rings. The average Bonchev–Trinajstić information content (AvgIpc) is 3.65. The van der Waals surface area contributed by atoms with Crippen LogP contribution < -0.4 is 5.32 Å². The van der Waals surface area contributed by atoms with Gasteiger partial charge in [-0.15, -0.1) is 0 Å². The molecule has 248 valence electrons. The van der Waals surface area contributed by atoms with E-state index < -0.39 is 71.1 Å². The zero-order valence-electron chi connectivity index (χ0n) is 23.5. The quantitative estimate of drug-likeness (QED) is 0.0797. The van der Waals surface area contributed by atoms with E-state index in [1.807, 2.05) is 12.3 Å². The van der Waals surface area contributed by atoms with Crippen molar-refractivity contribution in [2.24, 2.45) is 0 Å². The molecule has 2 aliphatic heterocycles. The molecule has 2 fully saturated rings. The Morgan fingerprint density at radius 1 is 1.07 bits per heavy atom. The lowest BCUT2D eigenvalue weighted by Gasteiger charge is -2.22. The number of ether oxygens (including phenoxy) is 3. The van der Waals surface area contributed by atoms with Crippen LogP contribution in [0.5, 0.6) is 0 Å². The predicted octanol–water partition coefficient (Wildman–Crippen LogP) is 4.36. The lowest BCUT2D eigenvalue weighted by atomic mass is 10.1. The summed E-state index contributed by atoms with van der Waals surface area (Å²) in [5, 5.41) is 3.24. The van der Waals surface area contributed by atoms with Crippen molar-refractivity contribution in [2.75, 3.05) is 42.1 Å². The van der Waals surface area contributed by atoms with Gasteiger partial charge in [-0.25, -0.2) is 15.0 Å². The van der Waals surface area contributed by atoms with Crippen molar-refractivity contribution in [3.8, 4) is 0 Å². The zero-order chi connectivity index (χ0) is 32.4. The van der Waals surface area contributed by atoms with Crippen molar-refractivity contribution < 1.29 is 55.7 Å². The summed E-state index contributed by atoms with van der Waals surface area (Å²) in [6.45, 7) is -0.0691. The summed E-state index contributed by atoms with van der Waals surface area (Å²) < 4.78 is 87.4. The highest BCUT2D eigenvalue weighted by Crippen LogP contribution is 2.56. The SMILES string of the molecule is CSCCNc1nc(SCCC(F)(F)F)nc2c1ncn2C1OC(COP(=O)(O)CP(=O)(O)O)C2OC(c3ccccc3)OC21. The molecule has 0 spiro atoms. The van der Waals surface area contributed by atoms with Crippen molar-refractivity contribution in [1.29, 1.82) is 0 Å². The van der Waals surface area contributed by atoms with E-state index in [1.54, 1.807) is 36.0 Å². The molecule has 0 amide bonds. The number of halogens is 3. The Balaban J connectivity index is 1.46. The molecule has 5 rings (SSSR count). The van der Waals surface area contributed by atoms with E-state index in [1.165, 1.54) is 10.9 Å². The molecule has 3 aromatic rings. The van der Waals surface area contributed by atoms with Crippen LogP contribution >= 0.6 is 38.7 Å². The van der Waals surface area contributed by atoms with Crippen LogP contribution in [0.25, 0.3) is 11.2 Å². The van der Waals surface area contributed by atoms with Gasteiger partial charge in [0.2, 0.25) is 0 Å². The molecular formula is C24H30F3N5O9P2S2. The van der Waals surface area contributed by atoms with Gasteiger partial charge in [0.25, 0.3) is 0 Å². The second-order valence-electron chi connectivity index (χ2n) is 10.1. The van der Waals surface area contributed by atoms with Crippen molar-refractivity contribution in [3.05, 3.63) is 42.2 Å². The van der Waals surface area contributed by atoms with Gasteiger partial charge in [-0.2, -0.15) is 24.9 Å². The molecule has 2 saturated heterocycles. The number of nitrogens with one attached hydrogen (secondary N) is 1. The summed E-state index contributed by atoms with van der Waals surface area (Å²) in [4.78, 5) is 41.7. The van der Waals surface area contributed by atoms with Gasteiger partial charge in [-0.1, -0.05) is 42.1 Å². The van der Waals surface area contributed by atoms with Gasteiger partial charge in [0, 0.05) is 23.6 Å². The zero-order valence-corrected chi connectivity index (χ0v) is 26.9. The summed E-state index contributed by atoms with van der Waals surface area (Å²) in [6.07, 6.45) is -6.64. The molecule has 0 aliphatic carbocycles. The number of hydrogen-bond acceptors (Lipinski definition) is 12. The fourth-order valence-electron chi connectivity index (χ4n) is 4.72. The van der Waals surface area contributed by atoms with Crippen molar-refractivity contribution in [3.63, 3.8) is 0 Å². The van der Waals surface area contributed by atoms with Crippen LogP contribution in [0.1, 0.15) is 24.5 Å². The van der Waals surface area contributed by atoms with Gasteiger partial charge in [-0.05, 0) is 6.26 Å². The van der Waals surface area contributed by atoms with E-state index in [4.69, 9.17) is 28.5 Å². The third kappa shape index (κ3) is 8.99. The van der Waals surface area contributed by atoms with Gasteiger partial charge >= 0.3 is 21.4 Å². The molecular weight excluding hydrogens is 685 g/mol. The topological polar surface area (TPSA) is 187 Å². The fourth-order valence-corrected chi connectivity index (χ4v) is 8.42. The summed E-state index contributed by atoms with van der Waals surface area (Å²) >= 11 is 2.42. The molecule has 4 heterocycles. The summed E-state index contributed by atoms with van der Waals surface area (Å²) in [6, 6.07) is 8.96. The van der Waals surface area contributed by atoms with Crippen LogP contribution in [-0.2, 0) is 27.9 Å². The Hall–Kier alpha value is -1.76. The molecule has 14 nitrogen and oxygen atoms in total. The number of benzene rings is 1. The molecule has 21 heteroatoms. The molecule has 0 radical (unpaired) electrons. The Morgan fingerprint density at radius 2 is 1.80 bits per heavy atom. The molecule has 6 atom stereocenters. The maximum Gasteiger partial charge on any atom is 0.389 e. The lowest BCUT2D eigenvalue weighted by molar-refractivity contribution is -0.152. The minimum Gasteiger partial charge on any atom is -0.367 e. The number of thioether (sulfide) groups is 2. The number of fused-ring (bicyclic) bond motifs is 2. The summed E-state index contributed by atoms with van der Waals surface area (Å²) in [7, 11) is -9.59. The van der Waals surface area contributed by atoms with Crippen LogP contribution in [0.4, 0.5) is 19.0 Å². The predicted molar refractivity (Wildman–Crippen MR) is 159 cm³/mol. The number of alkyl halides is 3. The number of anilines is 1. The first-order chi connectivity index (χ1) is 21.2. The second-order valence-corrected chi connectivity index (χ2v) is 16.1. The van der Waals surface area contributed by atoms with Crippen molar-refractivity contribution in [2.45, 2.75) is 48.6 Å². The first kappa shape index (κ1) is 34.6. The number of imidazole rings is 1. The van der Waals surface area contributed by atoms with Gasteiger partial charge in [0.1, 0.15) is 18.3 Å². The molecule has 1 aromatic carbocycles. The second kappa shape index (κ2) is 14.2. The third-order valence-electron chi connectivity index (χ3n) is 6.61. The van der Waals surface area contributed by atoms with Crippen LogP contribution in [0.15, 0.2) is 41.8 Å². The molecule has 4 N–H and O–H groups in total. The maximum absolute atomic E-state index is 12.8. The summed E-state index contributed by atoms with van der Waals surface area (Å²) in [5.74, 6) is -0.634. The number of rotatable bonds is 14. The average molecular weight is 716 g/mol. The molecule has 45 heavy (non-hydrogen) atoms. The number of hydrogen-bond donors (Lipinski definition) is 4. The van der Waals surface area contributed by atoms with Crippen molar-refractivity contribution >= 4 is 55.7 Å². The highest BCUT2D eigenvalue weighted by Gasteiger charge is 2.54. The first-order valence-electron chi connectivity index (χ1n) is 13.4. The van der Waals surface area contributed by atoms with Gasteiger partial charge < -0.3 is 38.7 Å². The van der Waals surface area contributed by atoms with E-state index in [-0.39, 0.29) is 16.6 Å². The monoisotopic (exact) mass is 715 g/mol. The third-order valence-corrected chi connectivity index (χ3v) is 11.5. The lowest BCUT2D eigenvalue weighted by Crippen LogP contribution is -2.31. The Kier molecular flexibility index (Phi) is 10.9. The smallest absolute Gasteiger partial charge is 0.367 e. The molecule has 0 saturated carbocycles. The van der Waals surface area contributed by atoms with Crippen LogP contribution in [-0.4, -0.2) is 95.5 Å². The Bertz CT molecular complexity index is 1570. The Labute approximate surface area is 263 Å². The molecule has 6 unspecified atom stereocenters. The first-order valence-corrected chi connectivity index (χ1v) is 19.4. The normalized spacial score (nSPS) is 25.0. The Morgan fingerprint density at radius 3 is 2.49 bits per heavy atom. The van der Waals surface area contributed by atoms with Gasteiger partial charge in [-0.3, -0.25) is 13.7 Å². The van der Waals surface area contributed by atoms with Crippen molar-refractivity contribution in [1.82, 2.24) is 19.5 Å². The highest BCUT2D eigenvalue weighted by atomic mass is 32.2. The van der Waals surface area contributed by atoms with Gasteiger partial charge in [0.05, 0.1) is 19.4 Å². The highest BCUT2D eigenvalue weighted by molar-refractivity contribution is 7.99. The fraction of sp³-hybridized carbons (Fsp3) is 0.542. The summed E-state index contributed by atoms with van der Waals surface area (Å²) in [5.41, 5.74) is 1.25. The van der Waals surface area contributed by atoms with E-state index in [9.17, 15) is 27.2 Å². The van der Waals surface area contributed by atoms with E-state index in [0.717, 1.165) is 17.5 Å². The largest absolute Gasteiger partial charge is 0.389 e. The van der Waals surface area contributed by atoms with E-state index in [2.05, 4.69) is 20.3 Å². The van der Waals surface area contributed by atoms with E-state index >= 15 is 0 Å². The number of nitrogens with zero attached hydrogens (tertiary/aromatic N) is 4. The minimum absolute atomic E-state index is 0.0824. The van der Waals surface area contributed by atoms with Crippen LogP contribution in [0.3, 0.4) is 0 Å². The molecule has 0 bridgehead atoms. The standard InChI is InChI=1S/C24H30F3N5O9P2S2/c1-44-10-8-28-19-16-20(31-23(30-19)45-9-7-24(25,26)27)32(12-29-16)21-18-17(40-22(41-18)14-5-3-2-4-6-14)15(39-21)11-38-43(36,37)13-42(33,34)35/h2-6,12,15,17-18,21-22H,7-11,13H2,1H3,(H,36,37)(H,28,30,31)(H2,33,34,35).